The summed E-state index contributed by atoms with van der Waals surface area (Å²) in [7, 11) is 0. The number of para-hydroxylation sites is 1. The van der Waals surface area contributed by atoms with Gasteiger partial charge in [-0.15, -0.1) is 0 Å². The Morgan fingerprint density at radius 2 is 2.05 bits per heavy atom. The zero-order valence-electron chi connectivity index (χ0n) is 11.0. The largest absolute Gasteiger partial charge is 0.488 e. The van der Waals surface area contributed by atoms with Crippen molar-refractivity contribution in [3.8, 4) is 5.75 Å². The summed E-state index contributed by atoms with van der Waals surface area (Å²) >= 11 is 0. The molecule has 19 heavy (non-hydrogen) atoms. The number of benzene rings is 1. The summed E-state index contributed by atoms with van der Waals surface area (Å²) in [6.07, 6.45) is 5.61. The molecule has 1 aromatic rings. The first-order valence-corrected chi connectivity index (χ1v) is 7.10. The van der Waals surface area contributed by atoms with Crippen LogP contribution in [0.15, 0.2) is 24.3 Å². The SMILES string of the molecule is O=C(NCC1Cc2ccccc2O1)NC1CCCC1. The molecule has 0 saturated heterocycles. The molecule has 1 aliphatic carbocycles. The normalized spacial score (nSPS) is 21.8. The Bertz CT molecular complexity index is 430. The van der Waals surface area contributed by atoms with Crippen molar-refractivity contribution in [2.45, 2.75) is 44.2 Å². The van der Waals surface area contributed by atoms with E-state index in [1.807, 2.05) is 18.2 Å². The Morgan fingerprint density at radius 3 is 2.84 bits per heavy atom. The Hall–Kier alpha value is -1.71. The average Bonchev–Trinajstić information content (AvgIpc) is 3.04. The predicted molar refractivity (Wildman–Crippen MR) is 73.4 cm³/mol. The van der Waals surface area contributed by atoms with Gasteiger partial charge in [0.1, 0.15) is 11.9 Å². The number of hydrogen-bond acceptors (Lipinski definition) is 2. The number of carbonyl (C=O) groups is 1. The second-order valence-corrected chi connectivity index (χ2v) is 5.39. The van der Waals surface area contributed by atoms with Crippen LogP contribution in [-0.2, 0) is 6.42 Å². The molecule has 1 fully saturated rings. The van der Waals surface area contributed by atoms with Crippen molar-refractivity contribution >= 4 is 6.03 Å². The third kappa shape index (κ3) is 3.00. The van der Waals surface area contributed by atoms with Crippen molar-refractivity contribution in [1.29, 1.82) is 0 Å². The van der Waals surface area contributed by atoms with Gasteiger partial charge in [-0.1, -0.05) is 31.0 Å². The molecular formula is C15H20N2O2. The fourth-order valence-electron chi connectivity index (χ4n) is 2.88. The molecule has 3 rings (SSSR count). The van der Waals surface area contributed by atoms with E-state index >= 15 is 0 Å². The third-order valence-corrected chi connectivity index (χ3v) is 3.89. The second kappa shape index (κ2) is 5.51. The molecule has 0 radical (unpaired) electrons. The molecule has 2 N–H and O–H groups in total. The highest BCUT2D eigenvalue weighted by atomic mass is 16.5. The van der Waals surface area contributed by atoms with E-state index in [0.717, 1.165) is 25.0 Å². The van der Waals surface area contributed by atoms with E-state index in [2.05, 4.69) is 16.7 Å². The van der Waals surface area contributed by atoms with Crippen LogP contribution in [0.3, 0.4) is 0 Å². The van der Waals surface area contributed by atoms with Gasteiger partial charge in [0.2, 0.25) is 0 Å². The molecule has 0 spiro atoms. The molecule has 2 amide bonds. The average molecular weight is 260 g/mol. The number of carbonyl (C=O) groups excluding carboxylic acids is 1. The number of ether oxygens (including phenoxy) is 1. The summed E-state index contributed by atoms with van der Waals surface area (Å²) in [5.41, 5.74) is 1.23. The zero-order valence-corrected chi connectivity index (χ0v) is 11.0. The van der Waals surface area contributed by atoms with Crippen molar-refractivity contribution < 1.29 is 9.53 Å². The van der Waals surface area contributed by atoms with Gasteiger partial charge in [0, 0.05) is 12.5 Å². The highest BCUT2D eigenvalue weighted by Crippen LogP contribution is 2.27. The highest BCUT2D eigenvalue weighted by Gasteiger charge is 2.23. The zero-order chi connectivity index (χ0) is 13.1. The van der Waals surface area contributed by atoms with Gasteiger partial charge in [-0.2, -0.15) is 0 Å². The van der Waals surface area contributed by atoms with Crippen molar-refractivity contribution in [2.75, 3.05) is 6.54 Å². The molecule has 0 aromatic heterocycles. The van der Waals surface area contributed by atoms with Crippen LogP contribution < -0.4 is 15.4 Å². The molecule has 2 aliphatic rings. The first-order chi connectivity index (χ1) is 9.31. The Morgan fingerprint density at radius 1 is 1.26 bits per heavy atom. The molecule has 1 atom stereocenters. The summed E-state index contributed by atoms with van der Waals surface area (Å²) in [6.45, 7) is 0.563. The van der Waals surface area contributed by atoms with Gasteiger partial charge in [0.25, 0.3) is 0 Å². The van der Waals surface area contributed by atoms with E-state index in [9.17, 15) is 4.79 Å². The van der Waals surface area contributed by atoms with Crippen molar-refractivity contribution in [3.63, 3.8) is 0 Å². The van der Waals surface area contributed by atoms with Crippen LogP contribution in [0, 0.1) is 0 Å². The summed E-state index contributed by atoms with van der Waals surface area (Å²) in [4.78, 5) is 11.8. The Labute approximate surface area is 113 Å². The Balaban J connectivity index is 1.42. The maximum Gasteiger partial charge on any atom is 0.315 e. The topological polar surface area (TPSA) is 50.4 Å². The van der Waals surface area contributed by atoms with Crippen molar-refractivity contribution in [1.82, 2.24) is 10.6 Å². The fourth-order valence-corrected chi connectivity index (χ4v) is 2.88. The third-order valence-electron chi connectivity index (χ3n) is 3.89. The van der Waals surface area contributed by atoms with Crippen LogP contribution in [0.25, 0.3) is 0 Å². The quantitative estimate of drug-likeness (QED) is 0.875. The number of hydrogen-bond donors (Lipinski definition) is 2. The van der Waals surface area contributed by atoms with Gasteiger partial charge >= 0.3 is 6.03 Å². The number of nitrogens with one attached hydrogen (secondary N) is 2. The van der Waals surface area contributed by atoms with Gasteiger partial charge in [0.05, 0.1) is 6.54 Å². The Kier molecular flexibility index (Phi) is 3.58. The number of amides is 2. The lowest BCUT2D eigenvalue weighted by atomic mass is 10.1. The smallest absolute Gasteiger partial charge is 0.315 e. The van der Waals surface area contributed by atoms with E-state index in [1.165, 1.54) is 18.4 Å². The van der Waals surface area contributed by atoms with Gasteiger partial charge in [0.15, 0.2) is 0 Å². The molecule has 1 heterocycles. The maximum atomic E-state index is 11.8. The number of fused-ring (bicyclic) bond motifs is 1. The van der Waals surface area contributed by atoms with E-state index in [4.69, 9.17) is 4.74 Å². The molecule has 4 nitrogen and oxygen atoms in total. The van der Waals surface area contributed by atoms with E-state index < -0.39 is 0 Å². The lowest BCUT2D eigenvalue weighted by Gasteiger charge is -2.15. The van der Waals surface area contributed by atoms with Crippen LogP contribution in [0.5, 0.6) is 5.75 Å². The van der Waals surface area contributed by atoms with Gasteiger partial charge in [-0.3, -0.25) is 0 Å². The summed E-state index contributed by atoms with van der Waals surface area (Å²) < 4.78 is 5.78. The van der Waals surface area contributed by atoms with Gasteiger partial charge in [-0.25, -0.2) is 4.79 Å². The molecule has 1 unspecified atom stereocenters. The minimum absolute atomic E-state index is 0.0618. The predicted octanol–water partition coefficient (Wildman–Crippen LogP) is 2.23. The first kappa shape index (κ1) is 12.3. The summed E-state index contributed by atoms with van der Waals surface area (Å²) in [5.74, 6) is 0.950. The number of urea groups is 1. The standard InChI is InChI=1S/C15H20N2O2/c18-15(17-12-6-2-3-7-12)16-10-13-9-11-5-1-4-8-14(11)19-13/h1,4-5,8,12-13H,2-3,6-7,9-10H2,(H2,16,17,18). The molecular weight excluding hydrogens is 240 g/mol. The van der Waals surface area contributed by atoms with Crippen molar-refractivity contribution in [2.24, 2.45) is 0 Å². The maximum absolute atomic E-state index is 11.8. The van der Waals surface area contributed by atoms with Gasteiger partial charge < -0.3 is 15.4 Å². The van der Waals surface area contributed by atoms with Crippen LogP contribution >= 0.6 is 0 Å². The molecule has 1 aliphatic heterocycles. The first-order valence-electron chi connectivity index (χ1n) is 7.10. The molecule has 102 valence electrons. The second-order valence-electron chi connectivity index (χ2n) is 5.39. The molecule has 1 aromatic carbocycles. The van der Waals surface area contributed by atoms with Crippen LogP contribution in [0.2, 0.25) is 0 Å². The minimum atomic E-state index is -0.0635. The summed E-state index contributed by atoms with van der Waals surface area (Å²) in [6, 6.07) is 8.35. The van der Waals surface area contributed by atoms with E-state index in [1.54, 1.807) is 0 Å². The van der Waals surface area contributed by atoms with Gasteiger partial charge in [-0.05, 0) is 24.5 Å². The minimum Gasteiger partial charge on any atom is -0.488 e. The van der Waals surface area contributed by atoms with Crippen molar-refractivity contribution in [3.05, 3.63) is 29.8 Å². The lowest BCUT2D eigenvalue weighted by Crippen LogP contribution is -2.44. The molecule has 0 bridgehead atoms. The van der Waals surface area contributed by atoms with Crippen LogP contribution in [0.1, 0.15) is 31.2 Å². The van der Waals surface area contributed by atoms with Crippen LogP contribution in [0.4, 0.5) is 4.79 Å². The van der Waals surface area contributed by atoms with E-state index in [-0.39, 0.29) is 12.1 Å². The van der Waals surface area contributed by atoms with E-state index in [0.29, 0.717) is 12.6 Å². The summed E-state index contributed by atoms with van der Waals surface area (Å²) in [5, 5.41) is 5.93. The lowest BCUT2D eigenvalue weighted by molar-refractivity contribution is 0.212. The van der Waals surface area contributed by atoms with Crippen LogP contribution in [-0.4, -0.2) is 24.7 Å². The highest BCUT2D eigenvalue weighted by molar-refractivity contribution is 5.74. The molecule has 1 saturated carbocycles. The number of rotatable bonds is 3. The fraction of sp³-hybridized carbons (Fsp3) is 0.533. The molecule has 4 heteroatoms. The monoisotopic (exact) mass is 260 g/mol.